The topological polar surface area (TPSA) is 70.6 Å². The van der Waals surface area contributed by atoms with Crippen LogP contribution in [0.5, 0.6) is 5.75 Å². The zero-order valence-electron chi connectivity index (χ0n) is 12.6. The van der Waals surface area contributed by atoms with Gasteiger partial charge in [-0.25, -0.2) is 4.79 Å². The van der Waals surface area contributed by atoms with Crippen LogP contribution in [0.2, 0.25) is 5.02 Å². The van der Waals surface area contributed by atoms with Crippen molar-refractivity contribution in [2.24, 2.45) is 5.92 Å². The number of aliphatic hydroxyl groups is 1. The number of hydrogen-bond donors (Lipinski definition) is 3. The Hall–Kier alpha value is -1.46. The Morgan fingerprint density at radius 3 is 2.76 bits per heavy atom. The molecule has 1 aromatic carbocycles. The predicted octanol–water partition coefficient (Wildman–Crippen LogP) is 3.27. The summed E-state index contributed by atoms with van der Waals surface area (Å²) in [5, 5.41) is 15.2. The second-order valence-corrected chi connectivity index (χ2v) is 5.48. The van der Waals surface area contributed by atoms with E-state index in [0.717, 1.165) is 0 Å². The summed E-state index contributed by atoms with van der Waals surface area (Å²) >= 11 is 6.05. The van der Waals surface area contributed by atoms with Gasteiger partial charge in [0, 0.05) is 6.54 Å². The Bertz CT molecular complexity index is 466. The van der Waals surface area contributed by atoms with Crippen molar-refractivity contribution in [3.05, 3.63) is 23.2 Å². The highest BCUT2D eigenvalue weighted by Crippen LogP contribution is 2.32. The van der Waals surface area contributed by atoms with Crippen LogP contribution in [0, 0.1) is 5.92 Å². The molecule has 0 aliphatic carbocycles. The molecule has 0 bridgehead atoms. The van der Waals surface area contributed by atoms with Crippen LogP contribution in [0.3, 0.4) is 0 Å². The third kappa shape index (κ3) is 6.23. The van der Waals surface area contributed by atoms with Crippen LogP contribution >= 0.6 is 11.6 Å². The minimum atomic E-state index is -0.373. The summed E-state index contributed by atoms with van der Waals surface area (Å²) < 4.78 is 5.44. The molecule has 21 heavy (non-hydrogen) atoms. The van der Waals surface area contributed by atoms with E-state index < -0.39 is 0 Å². The predicted molar refractivity (Wildman–Crippen MR) is 85.1 cm³/mol. The first-order valence-corrected chi connectivity index (χ1v) is 7.46. The number of rotatable bonds is 7. The Labute approximate surface area is 130 Å². The molecule has 0 aromatic heterocycles. The Kier molecular flexibility index (Phi) is 7.32. The van der Waals surface area contributed by atoms with Crippen LogP contribution in [0.15, 0.2) is 18.2 Å². The highest BCUT2D eigenvalue weighted by molar-refractivity contribution is 6.32. The molecule has 0 fully saturated rings. The van der Waals surface area contributed by atoms with E-state index in [1.54, 1.807) is 25.1 Å². The number of carbonyl (C=O) groups excluding carboxylic acids is 1. The van der Waals surface area contributed by atoms with Gasteiger partial charge in [0.05, 0.1) is 23.4 Å². The number of aliphatic hydroxyl groups excluding tert-OH is 1. The lowest BCUT2D eigenvalue weighted by Crippen LogP contribution is -2.33. The van der Waals surface area contributed by atoms with Crippen molar-refractivity contribution < 1.29 is 14.6 Å². The number of benzene rings is 1. The average molecular weight is 315 g/mol. The molecule has 2 atom stereocenters. The fourth-order valence-corrected chi connectivity index (χ4v) is 2.23. The quantitative estimate of drug-likeness (QED) is 0.723. The SMILES string of the molecule is CCOc1c(Cl)cccc1NC(=O)NCC(C)CC(C)O. The molecule has 3 N–H and O–H groups in total. The summed E-state index contributed by atoms with van der Waals surface area (Å²) in [4.78, 5) is 11.9. The number of nitrogens with one attached hydrogen (secondary N) is 2. The van der Waals surface area contributed by atoms with Gasteiger partial charge in [0.1, 0.15) is 0 Å². The van der Waals surface area contributed by atoms with Crippen molar-refractivity contribution in [1.29, 1.82) is 0 Å². The van der Waals surface area contributed by atoms with Crippen LogP contribution < -0.4 is 15.4 Å². The van der Waals surface area contributed by atoms with Gasteiger partial charge in [0.25, 0.3) is 0 Å². The molecule has 6 heteroatoms. The normalized spacial score (nSPS) is 13.4. The fraction of sp³-hybridized carbons (Fsp3) is 0.533. The highest BCUT2D eigenvalue weighted by atomic mass is 35.5. The smallest absolute Gasteiger partial charge is 0.319 e. The van der Waals surface area contributed by atoms with Gasteiger partial charge in [-0.05, 0) is 38.3 Å². The fourth-order valence-electron chi connectivity index (χ4n) is 2.00. The molecule has 5 nitrogen and oxygen atoms in total. The maximum absolute atomic E-state index is 11.9. The first kappa shape index (κ1) is 17.6. The van der Waals surface area contributed by atoms with E-state index in [9.17, 15) is 9.90 Å². The number of urea groups is 1. The zero-order chi connectivity index (χ0) is 15.8. The summed E-state index contributed by atoms with van der Waals surface area (Å²) in [7, 11) is 0. The number of hydrogen-bond acceptors (Lipinski definition) is 3. The number of amides is 2. The third-order valence-electron chi connectivity index (χ3n) is 2.86. The molecule has 0 radical (unpaired) electrons. The van der Waals surface area contributed by atoms with Gasteiger partial charge in [-0.2, -0.15) is 0 Å². The molecule has 1 aromatic rings. The summed E-state index contributed by atoms with van der Waals surface area (Å²) in [5.41, 5.74) is 0.532. The van der Waals surface area contributed by atoms with Crippen molar-refractivity contribution in [1.82, 2.24) is 5.32 Å². The summed E-state index contributed by atoms with van der Waals surface area (Å²) in [6.45, 7) is 6.51. The molecule has 0 heterocycles. The lowest BCUT2D eigenvalue weighted by Gasteiger charge is -2.16. The molecular weight excluding hydrogens is 292 g/mol. The molecule has 0 saturated carbocycles. The van der Waals surface area contributed by atoms with Gasteiger partial charge in [-0.1, -0.05) is 24.6 Å². The second kappa shape index (κ2) is 8.74. The van der Waals surface area contributed by atoms with Crippen LogP contribution in [0.25, 0.3) is 0 Å². The van der Waals surface area contributed by atoms with Crippen LogP contribution in [0.4, 0.5) is 10.5 Å². The molecule has 1 rings (SSSR count). The second-order valence-electron chi connectivity index (χ2n) is 5.07. The van der Waals surface area contributed by atoms with E-state index >= 15 is 0 Å². The monoisotopic (exact) mass is 314 g/mol. The van der Waals surface area contributed by atoms with E-state index in [0.29, 0.717) is 36.0 Å². The minimum absolute atomic E-state index is 0.196. The maximum atomic E-state index is 11.9. The molecule has 0 saturated heterocycles. The third-order valence-corrected chi connectivity index (χ3v) is 3.16. The van der Waals surface area contributed by atoms with Crippen LogP contribution in [-0.2, 0) is 0 Å². The lowest BCUT2D eigenvalue weighted by atomic mass is 10.1. The van der Waals surface area contributed by atoms with Gasteiger partial charge in [0.15, 0.2) is 5.75 Å². The zero-order valence-corrected chi connectivity index (χ0v) is 13.4. The van der Waals surface area contributed by atoms with E-state index in [2.05, 4.69) is 10.6 Å². The lowest BCUT2D eigenvalue weighted by molar-refractivity contribution is 0.163. The largest absolute Gasteiger partial charge is 0.490 e. The van der Waals surface area contributed by atoms with Crippen molar-refractivity contribution in [3.63, 3.8) is 0 Å². The van der Waals surface area contributed by atoms with Crippen molar-refractivity contribution >= 4 is 23.3 Å². The number of para-hydroxylation sites is 1. The summed E-state index contributed by atoms with van der Waals surface area (Å²) in [6, 6.07) is 4.86. The standard InChI is InChI=1S/C15H23ClN2O3/c1-4-21-14-12(16)6-5-7-13(14)18-15(20)17-9-10(2)8-11(3)19/h5-7,10-11,19H,4,8-9H2,1-3H3,(H2,17,18,20). The van der Waals surface area contributed by atoms with E-state index in [1.165, 1.54) is 0 Å². The number of anilines is 1. The van der Waals surface area contributed by atoms with Crippen molar-refractivity contribution in [2.75, 3.05) is 18.5 Å². The Morgan fingerprint density at radius 2 is 2.14 bits per heavy atom. The average Bonchev–Trinajstić information content (AvgIpc) is 2.40. The van der Waals surface area contributed by atoms with E-state index in [-0.39, 0.29) is 18.1 Å². The molecular formula is C15H23ClN2O3. The molecule has 0 aliphatic rings. The van der Waals surface area contributed by atoms with E-state index in [4.69, 9.17) is 16.3 Å². The van der Waals surface area contributed by atoms with Gasteiger partial charge in [-0.15, -0.1) is 0 Å². The molecule has 0 aliphatic heterocycles. The van der Waals surface area contributed by atoms with Crippen LogP contribution in [0.1, 0.15) is 27.2 Å². The molecule has 2 unspecified atom stereocenters. The number of halogens is 1. The van der Waals surface area contributed by atoms with Gasteiger partial charge < -0.3 is 20.5 Å². The first-order chi connectivity index (χ1) is 9.93. The van der Waals surface area contributed by atoms with Crippen LogP contribution in [-0.4, -0.2) is 30.4 Å². The van der Waals surface area contributed by atoms with E-state index in [1.807, 2.05) is 13.8 Å². The molecule has 118 valence electrons. The Morgan fingerprint density at radius 1 is 1.43 bits per heavy atom. The Balaban J connectivity index is 2.57. The first-order valence-electron chi connectivity index (χ1n) is 7.08. The van der Waals surface area contributed by atoms with Gasteiger partial charge in [0.2, 0.25) is 0 Å². The van der Waals surface area contributed by atoms with Crippen molar-refractivity contribution in [2.45, 2.75) is 33.3 Å². The molecule has 0 spiro atoms. The molecule has 2 amide bonds. The summed E-state index contributed by atoms with van der Waals surface area (Å²) in [5.74, 6) is 0.662. The maximum Gasteiger partial charge on any atom is 0.319 e. The van der Waals surface area contributed by atoms with Crippen molar-refractivity contribution in [3.8, 4) is 5.75 Å². The number of carbonyl (C=O) groups is 1. The van der Waals surface area contributed by atoms with Gasteiger partial charge >= 0.3 is 6.03 Å². The minimum Gasteiger partial charge on any atom is -0.490 e. The highest BCUT2D eigenvalue weighted by Gasteiger charge is 2.12. The number of ether oxygens (including phenoxy) is 1. The summed E-state index contributed by atoms with van der Waals surface area (Å²) in [6.07, 6.45) is 0.268. The van der Waals surface area contributed by atoms with Gasteiger partial charge in [-0.3, -0.25) is 0 Å².